The number of benzene rings is 1. The normalized spacial score (nSPS) is 19.3. The third kappa shape index (κ3) is 5.77. The van der Waals surface area contributed by atoms with E-state index in [1.807, 2.05) is 4.90 Å². The lowest BCUT2D eigenvalue weighted by molar-refractivity contribution is 0.100. The summed E-state index contributed by atoms with van der Waals surface area (Å²) in [4.78, 5) is 4.71. The molecule has 2 aliphatic rings. The number of nitrogens with two attached hydrogens (primary N) is 3. The Morgan fingerprint density at radius 3 is 2.32 bits per heavy atom. The quantitative estimate of drug-likeness (QED) is 0.194. The smallest absolute Gasteiger partial charge is 0.242 e. The van der Waals surface area contributed by atoms with Crippen LogP contribution in [0.25, 0.3) is 0 Å². The van der Waals surface area contributed by atoms with Crippen LogP contribution in [0.3, 0.4) is 0 Å². The van der Waals surface area contributed by atoms with E-state index in [2.05, 4.69) is 19.9 Å². The van der Waals surface area contributed by atoms with Gasteiger partial charge in [0.15, 0.2) is 12.5 Å². The van der Waals surface area contributed by atoms with Crippen molar-refractivity contribution in [2.45, 2.75) is 34.8 Å². The van der Waals surface area contributed by atoms with Gasteiger partial charge in [0.1, 0.15) is 9.79 Å². The molecule has 9 N–H and O–H groups in total. The molecule has 2 atom stereocenters. The molecule has 1 fully saturated rings. The number of piperidine rings is 1. The standard InChI is InChI=1S/C18H30N8O6S2/c19-7-12(27)9-24-34(31,32)15-2-1-13(26-5-3-11(4-6-26)14(28)8-20)16(17(15)33(21,29)30)18-22-10-23-25-18/h1-2,11-12,14,24,27-28H,3-10,19-20H2,(H2,21,29,30)/t12-,14?/m1/s1. The lowest BCUT2D eigenvalue weighted by atomic mass is 9.90. The summed E-state index contributed by atoms with van der Waals surface area (Å²) in [6, 6.07) is 2.61. The first-order valence-electron chi connectivity index (χ1n) is 10.6. The average molecular weight is 519 g/mol. The number of nitrogens with zero attached hydrogens (tertiary/aromatic N) is 4. The third-order valence-corrected chi connectivity index (χ3v) is 8.38. The maximum atomic E-state index is 13.0. The Morgan fingerprint density at radius 1 is 1.12 bits per heavy atom. The molecule has 0 aromatic heterocycles. The molecule has 0 saturated carbocycles. The molecule has 2 heterocycles. The van der Waals surface area contributed by atoms with Crippen molar-refractivity contribution in [2.75, 3.05) is 44.3 Å². The Labute approximate surface area is 198 Å². The van der Waals surface area contributed by atoms with E-state index in [1.165, 1.54) is 6.07 Å². The molecular formula is C18H30N8O6S2. The number of amidine groups is 1. The predicted octanol–water partition coefficient (Wildman–Crippen LogP) is -2.36. The van der Waals surface area contributed by atoms with Gasteiger partial charge in [0, 0.05) is 38.4 Å². The molecule has 190 valence electrons. The van der Waals surface area contributed by atoms with Crippen molar-refractivity contribution < 1.29 is 27.0 Å². The van der Waals surface area contributed by atoms with Crippen LogP contribution in [0.5, 0.6) is 0 Å². The second kappa shape index (κ2) is 10.7. The number of nitrogens with one attached hydrogen (secondary N) is 1. The van der Waals surface area contributed by atoms with Gasteiger partial charge < -0.3 is 26.6 Å². The highest BCUT2D eigenvalue weighted by molar-refractivity contribution is 7.92. The lowest BCUT2D eigenvalue weighted by Gasteiger charge is -2.36. The van der Waals surface area contributed by atoms with Crippen LogP contribution >= 0.6 is 0 Å². The van der Waals surface area contributed by atoms with Crippen LogP contribution in [0.2, 0.25) is 0 Å². The number of hydrogen-bond acceptors (Lipinski definition) is 12. The molecule has 1 aromatic rings. The van der Waals surface area contributed by atoms with Gasteiger partial charge in [0.05, 0.1) is 17.8 Å². The van der Waals surface area contributed by atoms with Crippen LogP contribution < -0.4 is 26.2 Å². The van der Waals surface area contributed by atoms with Crippen molar-refractivity contribution in [1.29, 1.82) is 0 Å². The number of aliphatic imine (C=N–C) groups is 1. The van der Waals surface area contributed by atoms with Gasteiger partial charge in [-0.3, -0.25) is 0 Å². The molecule has 14 nitrogen and oxygen atoms in total. The zero-order valence-electron chi connectivity index (χ0n) is 18.4. The van der Waals surface area contributed by atoms with Crippen molar-refractivity contribution in [1.82, 2.24) is 4.72 Å². The number of anilines is 1. The number of aliphatic hydroxyl groups excluding tert-OH is 2. The molecule has 1 saturated heterocycles. The fourth-order valence-electron chi connectivity index (χ4n) is 3.97. The van der Waals surface area contributed by atoms with E-state index in [4.69, 9.17) is 16.6 Å². The van der Waals surface area contributed by atoms with Crippen LogP contribution in [0, 0.1) is 5.92 Å². The summed E-state index contributed by atoms with van der Waals surface area (Å²) in [6.45, 7) is 0.396. The zero-order chi connectivity index (χ0) is 25.1. The van der Waals surface area contributed by atoms with Gasteiger partial charge in [-0.25, -0.2) is 31.7 Å². The Morgan fingerprint density at radius 2 is 1.79 bits per heavy atom. The molecular weight excluding hydrogens is 488 g/mol. The predicted molar refractivity (Wildman–Crippen MR) is 124 cm³/mol. The van der Waals surface area contributed by atoms with Gasteiger partial charge in [0.25, 0.3) is 0 Å². The average Bonchev–Trinajstić information content (AvgIpc) is 3.35. The summed E-state index contributed by atoms with van der Waals surface area (Å²) in [5, 5.41) is 32.9. The van der Waals surface area contributed by atoms with E-state index in [0.717, 1.165) is 6.07 Å². The van der Waals surface area contributed by atoms with Gasteiger partial charge in [-0.1, -0.05) is 0 Å². The van der Waals surface area contributed by atoms with Crippen molar-refractivity contribution in [3.05, 3.63) is 17.7 Å². The summed E-state index contributed by atoms with van der Waals surface area (Å²) in [5.41, 5.74) is 11.2. The molecule has 2 aliphatic heterocycles. The number of aliphatic hydroxyl groups is 2. The molecule has 1 aromatic carbocycles. The Balaban J connectivity index is 2.12. The number of rotatable bonds is 10. The first-order valence-corrected chi connectivity index (χ1v) is 13.7. The summed E-state index contributed by atoms with van der Waals surface area (Å²) in [6.07, 6.45) is -0.619. The maximum absolute atomic E-state index is 13.0. The largest absolute Gasteiger partial charge is 0.392 e. The number of hydrogen-bond donors (Lipinski definition) is 6. The Hall–Kier alpha value is -2.05. The van der Waals surface area contributed by atoms with Crippen molar-refractivity contribution in [3.8, 4) is 0 Å². The van der Waals surface area contributed by atoms with Gasteiger partial charge in [-0.2, -0.15) is 5.11 Å². The molecule has 1 unspecified atom stereocenters. The third-order valence-electron chi connectivity index (χ3n) is 5.79. The van der Waals surface area contributed by atoms with Crippen LogP contribution in [-0.4, -0.2) is 84.5 Å². The zero-order valence-corrected chi connectivity index (χ0v) is 20.0. The number of azo groups is 1. The summed E-state index contributed by atoms with van der Waals surface area (Å²) < 4.78 is 53.6. The molecule has 0 radical (unpaired) electrons. The SMILES string of the molecule is NCC(O)C1CCN(c2ccc(S(=O)(=O)NC[C@H](O)CN)c(S(N)(=O)=O)c2C2=NCN=N2)CC1. The highest BCUT2D eigenvalue weighted by atomic mass is 32.2. The van der Waals surface area contributed by atoms with Crippen molar-refractivity contribution in [3.63, 3.8) is 0 Å². The minimum Gasteiger partial charge on any atom is -0.392 e. The monoisotopic (exact) mass is 518 g/mol. The fourth-order valence-corrected chi connectivity index (χ4v) is 6.64. The number of primary sulfonamides is 1. The summed E-state index contributed by atoms with van der Waals surface area (Å²) >= 11 is 0. The van der Waals surface area contributed by atoms with Gasteiger partial charge in [0.2, 0.25) is 20.0 Å². The topological polar surface area (TPSA) is 239 Å². The molecule has 0 spiro atoms. The minimum absolute atomic E-state index is 0.0104. The van der Waals surface area contributed by atoms with Crippen LogP contribution in [0.1, 0.15) is 18.4 Å². The van der Waals surface area contributed by atoms with E-state index in [9.17, 15) is 27.0 Å². The van der Waals surface area contributed by atoms with Crippen molar-refractivity contribution >= 4 is 31.6 Å². The Bertz CT molecular complexity index is 1160. The molecule has 0 amide bonds. The van der Waals surface area contributed by atoms with Gasteiger partial charge in [-0.05, 0) is 30.9 Å². The van der Waals surface area contributed by atoms with E-state index < -0.39 is 48.6 Å². The first-order chi connectivity index (χ1) is 16.0. The molecule has 0 aliphatic carbocycles. The minimum atomic E-state index is -4.59. The fraction of sp³-hybridized carbons (Fsp3) is 0.611. The molecule has 3 rings (SSSR count). The summed E-state index contributed by atoms with van der Waals surface area (Å²) in [7, 11) is -9.01. The van der Waals surface area contributed by atoms with E-state index in [-0.39, 0.29) is 37.1 Å². The molecule has 34 heavy (non-hydrogen) atoms. The highest BCUT2D eigenvalue weighted by Crippen LogP contribution is 2.36. The van der Waals surface area contributed by atoms with E-state index >= 15 is 0 Å². The number of sulfonamides is 2. The van der Waals surface area contributed by atoms with Crippen LogP contribution in [0.4, 0.5) is 5.69 Å². The second-order valence-corrected chi connectivity index (χ2v) is 11.3. The van der Waals surface area contributed by atoms with E-state index in [0.29, 0.717) is 31.6 Å². The molecule has 16 heteroatoms. The van der Waals surface area contributed by atoms with Crippen LogP contribution in [-0.2, 0) is 20.0 Å². The van der Waals surface area contributed by atoms with Crippen LogP contribution in [0.15, 0.2) is 37.1 Å². The maximum Gasteiger partial charge on any atom is 0.242 e. The van der Waals surface area contributed by atoms with Gasteiger partial charge in [-0.15, -0.1) is 5.11 Å². The lowest BCUT2D eigenvalue weighted by Crippen LogP contribution is -2.41. The second-order valence-electron chi connectivity index (χ2n) is 8.07. The van der Waals surface area contributed by atoms with Crippen molar-refractivity contribution in [2.24, 2.45) is 37.7 Å². The first kappa shape index (κ1) is 26.6. The Kier molecular flexibility index (Phi) is 8.35. The van der Waals surface area contributed by atoms with Gasteiger partial charge >= 0.3 is 0 Å². The van der Waals surface area contributed by atoms with E-state index in [1.54, 1.807) is 0 Å². The molecule has 0 bridgehead atoms. The summed E-state index contributed by atoms with van der Waals surface area (Å²) in [5.74, 6) is -0.0640. The highest BCUT2D eigenvalue weighted by Gasteiger charge is 2.35.